The number of urea groups is 1. The van der Waals surface area contributed by atoms with Gasteiger partial charge in [-0.05, 0) is 42.8 Å². The molecular weight excluding hydrogens is 384 g/mol. The zero-order chi connectivity index (χ0) is 20.4. The number of halogens is 1. The topological polar surface area (TPSA) is 84.9 Å². The second-order valence-electron chi connectivity index (χ2n) is 5.95. The van der Waals surface area contributed by atoms with Gasteiger partial charge >= 0.3 is 6.03 Å². The van der Waals surface area contributed by atoms with Crippen LogP contribution in [0.2, 0.25) is 5.02 Å². The van der Waals surface area contributed by atoms with Gasteiger partial charge in [0.2, 0.25) is 0 Å². The van der Waals surface area contributed by atoms with Crippen LogP contribution in [0.25, 0.3) is 6.08 Å². The number of benzene rings is 2. The average Bonchev–Trinajstić information content (AvgIpc) is 2.68. The van der Waals surface area contributed by atoms with Crippen molar-refractivity contribution in [2.24, 2.45) is 0 Å². The predicted octanol–water partition coefficient (Wildman–Crippen LogP) is 3.33. The second-order valence-corrected chi connectivity index (χ2v) is 6.36. The first-order chi connectivity index (χ1) is 13.4. The van der Waals surface area contributed by atoms with Crippen LogP contribution in [0.4, 0.5) is 10.5 Å². The number of methoxy groups -OCH3 is 2. The van der Waals surface area contributed by atoms with Crippen LogP contribution in [-0.2, 0) is 9.59 Å². The first-order valence-electron chi connectivity index (χ1n) is 8.26. The zero-order valence-electron chi connectivity index (χ0n) is 15.4. The van der Waals surface area contributed by atoms with Crippen molar-refractivity contribution in [3.8, 4) is 11.5 Å². The number of carbonyl (C=O) groups is 3. The predicted molar refractivity (Wildman–Crippen MR) is 105 cm³/mol. The molecule has 0 spiro atoms. The lowest BCUT2D eigenvalue weighted by Crippen LogP contribution is -2.54. The van der Waals surface area contributed by atoms with Gasteiger partial charge in [0.15, 0.2) is 0 Å². The Balaban J connectivity index is 2.08. The summed E-state index contributed by atoms with van der Waals surface area (Å²) in [6.45, 7) is 1.69. The summed E-state index contributed by atoms with van der Waals surface area (Å²) in [6.07, 6.45) is 1.37. The number of carbonyl (C=O) groups excluding carboxylic acids is 3. The Labute approximate surface area is 166 Å². The molecule has 0 saturated carbocycles. The molecule has 1 fully saturated rings. The molecule has 0 bridgehead atoms. The summed E-state index contributed by atoms with van der Waals surface area (Å²) in [5, 5.41) is 2.59. The third-order valence-corrected chi connectivity index (χ3v) is 4.73. The summed E-state index contributed by atoms with van der Waals surface area (Å²) in [5.41, 5.74) is 1.12. The minimum atomic E-state index is -0.834. The molecule has 1 heterocycles. The standard InChI is InChI=1S/C20H17ClN2O5/c1-11-15(21)5-4-6-16(11)23-19(25)14(18(24)22-20(23)26)9-12-7-8-13(27-2)10-17(12)28-3/h4-10H,1-3H3,(H,22,24,26)/b14-9+. The van der Waals surface area contributed by atoms with Crippen molar-refractivity contribution in [1.82, 2.24) is 5.32 Å². The summed E-state index contributed by atoms with van der Waals surface area (Å²) in [6, 6.07) is 8.97. The minimum absolute atomic E-state index is 0.206. The van der Waals surface area contributed by atoms with Gasteiger partial charge in [0.1, 0.15) is 17.1 Å². The Kier molecular flexibility index (Phi) is 5.37. The van der Waals surface area contributed by atoms with Crippen molar-refractivity contribution in [3.05, 3.63) is 58.1 Å². The average molecular weight is 401 g/mol. The van der Waals surface area contributed by atoms with Crippen LogP contribution in [0.1, 0.15) is 11.1 Å². The van der Waals surface area contributed by atoms with E-state index >= 15 is 0 Å². The number of imide groups is 2. The Bertz CT molecular complexity index is 1020. The highest BCUT2D eigenvalue weighted by molar-refractivity contribution is 6.40. The minimum Gasteiger partial charge on any atom is -0.497 e. The molecule has 1 N–H and O–H groups in total. The summed E-state index contributed by atoms with van der Waals surface area (Å²) in [5.74, 6) is -0.569. The van der Waals surface area contributed by atoms with Crippen molar-refractivity contribution in [1.29, 1.82) is 0 Å². The number of nitrogens with one attached hydrogen (secondary N) is 1. The maximum atomic E-state index is 13.0. The molecule has 0 aromatic heterocycles. The molecule has 2 aromatic rings. The van der Waals surface area contributed by atoms with Crippen molar-refractivity contribution >= 4 is 41.2 Å². The van der Waals surface area contributed by atoms with E-state index in [0.29, 0.717) is 33.3 Å². The number of ether oxygens (including phenoxy) is 2. The zero-order valence-corrected chi connectivity index (χ0v) is 16.2. The molecule has 2 aromatic carbocycles. The van der Waals surface area contributed by atoms with Gasteiger partial charge in [-0.25, -0.2) is 9.69 Å². The number of hydrogen-bond acceptors (Lipinski definition) is 5. The highest BCUT2D eigenvalue weighted by Crippen LogP contribution is 2.31. The number of amides is 4. The van der Waals surface area contributed by atoms with Gasteiger partial charge in [0.05, 0.1) is 19.9 Å². The molecule has 144 valence electrons. The van der Waals surface area contributed by atoms with Crippen LogP contribution in [0, 0.1) is 6.92 Å². The van der Waals surface area contributed by atoms with Crippen LogP contribution >= 0.6 is 11.6 Å². The van der Waals surface area contributed by atoms with Gasteiger partial charge in [-0.1, -0.05) is 17.7 Å². The molecule has 0 unspecified atom stereocenters. The van der Waals surface area contributed by atoms with Crippen molar-refractivity contribution in [2.75, 3.05) is 19.1 Å². The van der Waals surface area contributed by atoms with E-state index in [9.17, 15) is 14.4 Å². The van der Waals surface area contributed by atoms with Crippen molar-refractivity contribution in [3.63, 3.8) is 0 Å². The maximum absolute atomic E-state index is 13.0. The summed E-state index contributed by atoms with van der Waals surface area (Å²) in [7, 11) is 2.98. The van der Waals surface area contributed by atoms with Crippen molar-refractivity contribution in [2.45, 2.75) is 6.92 Å². The molecule has 0 atom stereocenters. The van der Waals surface area contributed by atoms with Crippen LogP contribution < -0.4 is 19.7 Å². The molecule has 0 aliphatic carbocycles. The van der Waals surface area contributed by atoms with E-state index < -0.39 is 17.8 Å². The molecule has 1 aliphatic heterocycles. The maximum Gasteiger partial charge on any atom is 0.335 e. The Morgan fingerprint density at radius 1 is 1.07 bits per heavy atom. The van der Waals surface area contributed by atoms with Gasteiger partial charge in [-0.3, -0.25) is 14.9 Å². The van der Waals surface area contributed by atoms with Crippen LogP contribution in [0.5, 0.6) is 11.5 Å². The van der Waals surface area contributed by atoms with Gasteiger partial charge in [0.25, 0.3) is 11.8 Å². The summed E-state index contributed by atoms with van der Waals surface area (Å²) < 4.78 is 10.4. The number of anilines is 1. The Morgan fingerprint density at radius 2 is 1.82 bits per heavy atom. The van der Waals surface area contributed by atoms with Crippen LogP contribution in [-0.4, -0.2) is 32.1 Å². The number of barbiturate groups is 1. The van der Waals surface area contributed by atoms with E-state index in [1.54, 1.807) is 43.3 Å². The molecule has 28 heavy (non-hydrogen) atoms. The molecule has 3 rings (SSSR count). The molecule has 8 heteroatoms. The second kappa shape index (κ2) is 7.74. The third kappa shape index (κ3) is 3.44. The lowest BCUT2D eigenvalue weighted by molar-refractivity contribution is -0.122. The molecule has 0 radical (unpaired) electrons. The molecular formula is C20H17ClN2O5. The number of hydrogen-bond donors (Lipinski definition) is 1. The van der Waals surface area contributed by atoms with Gasteiger partial charge in [-0.15, -0.1) is 0 Å². The third-order valence-electron chi connectivity index (χ3n) is 4.32. The fourth-order valence-corrected chi connectivity index (χ4v) is 2.98. The smallest absolute Gasteiger partial charge is 0.335 e. The Hall–Kier alpha value is -3.32. The highest BCUT2D eigenvalue weighted by Gasteiger charge is 2.37. The van der Waals surface area contributed by atoms with E-state index in [1.165, 1.54) is 20.3 Å². The number of rotatable bonds is 4. The molecule has 1 saturated heterocycles. The fourth-order valence-electron chi connectivity index (χ4n) is 2.81. The summed E-state index contributed by atoms with van der Waals surface area (Å²) in [4.78, 5) is 38.6. The lowest BCUT2D eigenvalue weighted by atomic mass is 10.0. The largest absolute Gasteiger partial charge is 0.497 e. The lowest BCUT2D eigenvalue weighted by Gasteiger charge is -2.27. The normalized spacial score (nSPS) is 15.6. The summed E-state index contributed by atoms with van der Waals surface area (Å²) >= 11 is 6.11. The van der Waals surface area contributed by atoms with Gasteiger partial charge in [0, 0.05) is 16.7 Å². The van der Waals surface area contributed by atoms with Gasteiger partial charge in [-0.2, -0.15) is 0 Å². The molecule has 4 amide bonds. The van der Waals surface area contributed by atoms with Crippen LogP contribution in [0.3, 0.4) is 0 Å². The fraction of sp³-hybridized carbons (Fsp3) is 0.150. The Morgan fingerprint density at radius 3 is 2.50 bits per heavy atom. The highest BCUT2D eigenvalue weighted by atomic mass is 35.5. The SMILES string of the molecule is COc1ccc(/C=C2\C(=O)NC(=O)N(c3cccc(Cl)c3C)C2=O)c(OC)c1. The van der Waals surface area contributed by atoms with E-state index in [4.69, 9.17) is 21.1 Å². The number of nitrogens with zero attached hydrogens (tertiary/aromatic N) is 1. The van der Waals surface area contributed by atoms with E-state index in [1.807, 2.05) is 0 Å². The van der Waals surface area contributed by atoms with Crippen molar-refractivity contribution < 1.29 is 23.9 Å². The van der Waals surface area contributed by atoms with E-state index in [2.05, 4.69) is 5.32 Å². The van der Waals surface area contributed by atoms with Crippen LogP contribution in [0.15, 0.2) is 42.0 Å². The first kappa shape index (κ1) is 19.4. The monoisotopic (exact) mass is 400 g/mol. The first-order valence-corrected chi connectivity index (χ1v) is 8.63. The van der Waals surface area contributed by atoms with E-state index in [-0.39, 0.29) is 5.57 Å². The quantitative estimate of drug-likeness (QED) is 0.628. The molecule has 7 nitrogen and oxygen atoms in total. The van der Waals surface area contributed by atoms with Gasteiger partial charge < -0.3 is 9.47 Å². The van der Waals surface area contributed by atoms with E-state index in [0.717, 1.165) is 4.90 Å². The molecule has 1 aliphatic rings.